The average Bonchev–Trinajstić information content (AvgIpc) is 2.43. The van der Waals surface area contributed by atoms with Crippen molar-refractivity contribution in [1.82, 2.24) is 0 Å². The SMILES string of the molecule is O=S(=O)(Nc1ccc(Cl)c(Cl)c1)c1cc(CO)ccc1Br. The van der Waals surface area contributed by atoms with Crippen molar-refractivity contribution in [1.29, 1.82) is 0 Å². The fourth-order valence-electron chi connectivity index (χ4n) is 1.62. The van der Waals surface area contributed by atoms with Crippen molar-refractivity contribution in [2.75, 3.05) is 4.72 Å². The first kappa shape index (κ1) is 16.6. The molecular formula is C13H10BrCl2NO3S. The molecule has 2 aromatic carbocycles. The zero-order valence-electron chi connectivity index (χ0n) is 10.5. The molecule has 0 saturated heterocycles. The number of hydrogen-bond donors (Lipinski definition) is 2. The Kier molecular flexibility index (Phi) is 5.16. The van der Waals surface area contributed by atoms with Crippen LogP contribution in [0.15, 0.2) is 45.8 Å². The third-order valence-electron chi connectivity index (χ3n) is 2.64. The molecule has 0 spiro atoms. The number of nitrogens with one attached hydrogen (secondary N) is 1. The number of hydrogen-bond acceptors (Lipinski definition) is 3. The van der Waals surface area contributed by atoms with Gasteiger partial charge in [-0.1, -0.05) is 29.3 Å². The van der Waals surface area contributed by atoms with E-state index in [1.54, 1.807) is 12.1 Å². The molecule has 2 rings (SSSR count). The number of halogens is 3. The second kappa shape index (κ2) is 6.54. The van der Waals surface area contributed by atoms with E-state index in [1.165, 1.54) is 24.3 Å². The molecule has 0 aliphatic carbocycles. The minimum atomic E-state index is -3.82. The van der Waals surface area contributed by atoms with Crippen molar-refractivity contribution in [3.63, 3.8) is 0 Å². The van der Waals surface area contributed by atoms with E-state index >= 15 is 0 Å². The molecule has 0 aliphatic rings. The molecule has 0 bridgehead atoms. The van der Waals surface area contributed by atoms with Gasteiger partial charge in [0.2, 0.25) is 0 Å². The minimum Gasteiger partial charge on any atom is -0.392 e. The first-order valence-corrected chi connectivity index (χ1v) is 8.74. The molecule has 112 valence electrons. The first-order chi connectivity index (χ1) is 9.83. The molecule has 0 saturated carbocycles. The van der Waals surface area contributed by atoms with E-state index in [1.807, 2.05) is 0 Å². The molecule has 0 aromatic heterocycles. The molecule has 0 amide bonds. The predicted octanol–water partition coefficient (Wildman–Crippen LogP) is 4.05. The van der Waals surface area contributed by atoms with Crippen molar-refractivity contribution in [3.05, 3.63) is 56.5 Å². The summed E-state index contributed by atoms with van der Waals surface area (Å²) < 4.78 is 27.6. The van der Waals surface area contributed by atoms with Gasteiger partial charge in [-0.2, -0.15) is 0 Å². The summed E-state index contributed by atoms with van der Waals surface area (Å²) >= 11 is 14.8. The lowest BCUT2D eigenvalue weighted by molar-refractivity contribution is 0.281. The van der Waals surface area contributed by atoms with Crippen LogP contribution in [0.4, 0.5) is 5.69 Å². The molecular weight excluding hydrogens is 401 g/mol. The number of aliphatic hydroxyl groups excluding tert-OH is 1. The summed E-state index contributed by atoms with van der Waals surface area (Å²) in [6, 6.07) is 9.02. The molecule has 0 radical (unpaired) electrons. The third kappa shape index (κ3) is 3.90. The summed E-state index contributed by atoms with van der Waals surface area (Å²) in [5, 5.41) is 9.70. The maximum absolute atomic E-state index is 12.4. The number of benzene rings is 2. The lowest BCUT2D eigenvalue weighted by Gasteiger charge is -2.11. The highest BCUT2D eigenvalue weighted by Gasteiger charge is 2.18. The van der Waals surface area contributed by atoms with E-state index in [0.717, 1.165) is 0 Å². The van der Waals surface area contributed by atoms with Gasteiger partial charge in [-0.15, -0.1) is 0 Å². The normalized spacial score (nSPS) is 11.4. The summed E-state index contributed by atoms with van der Waals surface area (Å²) in [6.07, 6.45) is 0. The Morgan fingerprint density at radius 2 is 1.81 bits per heavy atom. The highest BCUT2D eigenvalue weighted by Crippen LogP contribution is 2.29. The molecule has 0 heterocycles. The molecule has 4 nitrogen and oxygen atoms in total. The van der Waals surface area contributed by atoms with Crippen LogP contribution in [0.1, 0.15) is 5.56 Å². The zero-order chi connectivity index (χ0) is 15.6. The maximum Gasteiger partial charge on any atom is 0.263 e. The lowest BCUT2D eigenvalue weighted by atomic mass is 10.2. The molecule has 8 heteroatoms. The number of aliphatic hydroxyl groups is 1. The second-order valence-electron chi connectivity index (χ2n) is 4.16. The van der Waals surface area contributed by atoms with Gasteiger partial charge in [0.15, 0.2) is 0 Å². The van der Waals surface area contributed by atoms with Crippen molar-refractivity contribution in [2.45, 2.75) is 11.5 Å². The summed E-state index contributed by atoms with van der Waals surface area (Å²) in [4.78, 5) is 0.0279. The number of rotatable bonds is 4. The highest BCUT2D eigenvalue weighted by molar-refractivity contribution is 9.10. The Hall–Kier alpha value is -0.790. The molecule has 2 aromatic rings. The van der Waals surface area contributed by atoms with Gasteiger partial charge in [0, 0.05) is 4.47 Å². The summed E-state index contributed by atoms with van der Waals surface area (Å²) in [5.74, 6) is 0. The molecule has 2 N–H and O–H groups in total. The smallest absolute Gasteiger partial charge is 0.263 e. The largest absolute Gasteiger partial charge is 0.392 e. The molecule has 0 fully saturated rings. The third-order valence-corrected chi connectivity index (χ3v) is 5.75. The van der Waals surface area contributed by atoms with E-state index in [-0.39, 0.29) is 16.5 Å². The number of sulfonamides is 1. The van der Waals surface area contributed by atoms with E-state index in [2.05, 4.69) is 20.7 Å². The van der Waals surface area contributed by atoms with Gasteiger partial charge < -0.3 is 5.11 Å². The fourth-order valence-corrected chi connectivity index (χ4v) is 3.98. The van der Waals surface area contributed by atoms with Gasteiger partial charge >= 0.3 is 0 Å². The molecule has 21 heavy (non-hydrogen) atoms. The Morgan fingerprint density at radius 1 is 1.10 bits per heavy atom. The van der Waals surface area contributed by atoms with Crippen LogP contribution in [-0.2, 0) is 16.6 Å². The Morgan fingerprint density at radius 3 is 2.43 bits per heavy atom. The van der Waals surface area contributed by atoms with Crippen molar-refractivity contribution in [3.8, 4) is 0 Å². The highest BCUT2D eigenvalue weighted by atomic mass is 79.9. The van der Waals surface area contributed by atoms with Gasteiger partial charge in [0.05, 0.1) is 22.3 Å². The quantitative estimate of drug-likeness (QED) is 0.798. The Labute approximate surface area is 140 Å². The Balaban J connectivity index is 2.40. The summed E-state index contributed by atoms with van der Waals surface area (Å²) in [6.45, 7) is -0.247. The van der Waals surface area contributed by atoms with E-state index in [4.69, 9.17) is 28.3 Å². The Bertz CT molecular complexity index is 781. The fraction of sp³-hybridized carbons (Fsp3) is 0.0769. The lowest BCUT2D eigenvalue weighted by Crippen LogP contribution is -2.14. The molecule has 0 unspecified atom stereocenters. The summed E-state index contributed by atoms with van der Waals surface area (Å²) in [7, 11) is -3.82. The summed E-state index contributed by atoms with van der Waals surface area (Å²) in [5.41, 5.74) is 0.790. The standard InChI is InChI=1S/C13H10BrCl2NO3S/c14-10-3-1-8(7-18)5-13(10)21(19,20)17-9-2-4-11(15)12(16)6-9/h1-6,17-18H,7H2. The van der Waals surface area contributed by atoms with Gasteiger partial charge in [0.25, 0.3) is 10.0 Å². The van der Waals surface area contributed by atoms with Crippen molar-refractivity contribution < 1.29 is 13.5 Å². The topological polar surface area (TPSA) is 66.4 Å². The monoisotopic (exact) mass is 409 g/mol. The van der Waals surface area contributed by atoms with Gasteiger partial charge in [-0.25, -0.2) is 8.42 Å². The van der Waals surface area contributed by atoms with Crippen LogP contribution in [0, 0.1) is 0 Å². The maximum atomic E-state index is 12.4. The van der Waals surface area contributed by atoms with Gasteiger partial charge in [-0.3, -0.25) is 4.72 Å². The number of anilines is 1. The van der Waals surface area contributed by atoms with Gasteiger partial charge in [0.1, 0.15) is 4.90 Å². The minimum absolute atomic E-state index is 0.0279. The van der Waals surface area contributed by atoms with Crippen LogP contribution < -0.4 is 4.72 Å². The second-order valence-corrected chi connectivity index (χ2v) is 7.48. The van der Waals surface area contributed by atoms with Crippen LogP contribution in [0.5, 0.6) is 0 Å². The van der Waals surface area contributed by atoms with E-state index < -0.39 is 10.0 Å². The van der Waals surface area contributed by atoms with Crippen LogP contribution in [-0.4, -0.2) is 13.5 Å². The predicted molar refractivity (Wildman–Crippen MR) is 87.3 cm³/mol. The molecule has 0 atom stereocenters. The van der Waals surface area contributed by atoms with Gasteiger partial charge in [-0.05, 0) is 51.8 Å². The van der Waals surface area contributed by atoms with Crippen LogP contribution >= 0.6 is 39.1 Å². The van der Waals surface area contributed by atoms with E-state index in [0.29, 0.717) is 20.7 Å². The van der Waals surface area contributed by atoms with Crippen LogP contribution in [0.3, 0.4) is 0 Å². The van der Waals surface area contributed by atoms with Crippen molar-refractivity contribution >= 4 is 54.8 Å². The molecule has 0 aliphatic heterocycles. The van der Waals surface area contributed by atoms with E-state index in [9.17, 15) is 8.42 Å². The first-order valence-electron chi connectivity index (χ1n) is 5.70. The van der Waals surface area contributed by atoms with Crippen LogP contribution in [0.25, 0.3) is 0 Å². The zero-order valence-corrected chi connectivity index (χ0v) is 14.4. The average molecular weight is 411 g/mol. The van der Waals surface area contributed by atoms with Crippen molar-refractivity contribution in [2.24, 2.45) is 0 Å². The van der Waals surface area contributed by atoms with Crippen LogP contribution in [0.2, 0.25) is 10.0 Å².